The molecule has 0 spiro atoms. The summed E-state index contributed by atoms with van der Waals surface area (Å²) < 4.78 is 32.3. The van der Waals surface area contributed by atoms with Crippen LogP contribution in [0.3, 0.4) is 0 Å². The first-order valence-electron chi connectivity index (χ1n) is 7.41. The highest BCUT2D eigenvalue weighted by Crippen LogP contribution is 2.29. The Kier molecular flexibility index (Phi) is 3.84. The third-order valence-corrected chi connectivity index (χ3v) is 5.64. The van der Waals surface area contributed by atoms with Crippen LogP contribution in [0.1, 0.15) is 0 Å². The zero-order chi connectivity index (χ0) is 17.4. The molecule has 0 unspecified atom stereocenters. The van der Waals surface area contributed by atoms with Crippen LogP contribution in [-0.4, -0.2) is 18.0 Å². The number of hydrogen-bond donors (Lipinski definition) is 1. The van der Waals surface area contributed by atoms with E-state index in [1.54, 1.807) is 23.5 Å². The molecule has 1 aliphatic carbocycles. The van der Waals surface area contributed by atoms with E-state index >= 15 is 0 Å². The second-order valence-electron chi connectivity index (χ2n) is 5.41. The van der Waals surface area contributed by atoms with Crippen molar-refractivity contribution in [3.05, 3.63) is 72.1 Å². The van der Waals surface area contributed by atoms with E-state index in [9.17, 15) is 8.42 Å². The number of hydrogen-bond acceptors (Lipinski definition) is 5. The lowest BCUT2D eigenvalue weighted by molar-refractivity contribution is 0.483. The molecule has 0 amide bonds. The molecule has 0 fully saturated rings. The molecule has 1 N–H and O–H groups in total. The Balaban J connectivity index is 1.80. The molecule has 4 rings (SSSR count). The van der Waals surface area contributed by atoms with E-state index in [-0.39, 0.29) is 4.90 Å². The maximum absolute atomic E-state index is 11.1. The topological polar surface area (TPSA) is 79.6 Å². The summed E-state index contributed by atoms with van der Waals surface area (Å²) in [5.74, 6) is 0. The Morgan fingerprint density at radius 2 is 1.72 bits per heavy atom. The van der Waals surface area contributed by atoms with Crippen LogP contribution in [0.2, 0.25) is 0 Å². The van der Waals surface area contributed by atoms with Crippen LogP contribution in [0.5, 0.6) is 0 Å². The fraction of sp³-hybridized carbons (Fsp3) is 0. The summed E-state index contributed by atoms with van der Waals surface area (Å²) in [6.07, 6.45) is 0. The van der Waals surface area contributed by atoms with Crippen LogP contribution in [0, 0.1) is 0 Å². The van der Waals surface area contributed by atoms with Gasteiger partial charge in [0.1, 0.15) is 0 Å². The molecule has 25 heavy (non-hydrogen) atoms. The Morgan fingerprint density at radius 1 is 0.960 bits per heavy atom. The SMILES string of the molecule is O=S(=O)(O)c1ccc(N=c2ccc3nc4ccccc4sc-3c2)cc1. The maximum Gasteiger partial charge on any atom is 0.294 e. The predicted molar refractivity (Wildman–Crippen MR) is 97.7 cm³/mol. The standard InChI is InChI=1S/C18H12N2O3S2/c21-25(22,23)14-8-5-12(6-9-14)19-13-7-10-16-18(11-13)24-17-4-2-1-3-15(17)20-16/h1-11H,(H,21,22,23). The molecule has 1 heterocycles. The molecule has 0 atom stereocenters. The second-order valence-corrected chi connectivity index (χ2v) is 7.92. The molecule has 0 saturated carbocycles. The third kappa shape index (κ3) is 3.30. The monoisotopic (exact) mass is 368 g/mol. The summed E-state index contributed by atoms with van der Waals surface area (Å²) in [5.41, 5.74) is 2.47. The van der Waals surface area contributed by atoms with Gasteiger partial charge in [-0.1, -0.05) is 12.1 Å². The van der Waals surface area contributed by atoms with Gasteiger partial charge >= 0.3 is 0 Å². The fourth-order valence-electron chi connectivity index (χ4n) is 2.47. The van der Waals surface area contributed by atoms with Crippen molar-refractivity contribution in [3.63, 3.8) is 0 Å². The molecule has 2 aromatic carbocycles. The van der Waals surface area contributed by atoms with Crippen LogP contribution in [0.15, 0.2) is 76.6 Å². The van der Waals surface area contributed by atoms with Gasteiger partial charge in [0.25, 0.3) is 10.1 Å². The minimum absolute atomic E-state index is 0.150. The van der Waals surface area contributed by atoms with E-state index in [1.165, 1.54) is 12.1 Å². The van der Waals surface area contributed by atoms with Crippen molar-refractivity contribution in [2.24, 2.45) is 4.99 Å². The molecule has 0 radical (unpaired) electrons. The molecule has 1 aliphatic heterocycles. The van der Waals surface area contributed by atoms with Gasteiger partial charge in [0.05, 0.1) is 36.7 Å². The summed E-state index contributed by atoms with van der Waals surface area (Å²) in [6, 6.07) is 19.5. The van der Waals surface area contributed by atoms with Gasteiger partial charge < -0.3 is 0 Å². The van der Waals surface area contributed by atoms with Gasteiger partial charge in [-0.2, -0.15) is 8.42 Å². The minimum atomic E-state index is -4.19. The largest absolute Gasteiger partial charge is 0.294 e. The molecule has 7 heteroatoms. The molecule has 0 saturated heterocycles. The van der Waals surface area contributed by atoms with Crippen molar-refractivity contribution in [1.29, 1.82) is 0 Å². The van der Waals surface area contributed by atoms with Crippen LogP contribution in [0.25, 0.3) is 20.8 Å². The first-order valence-corrected chi connectivity index (χ1v) is 9.67. The predicted octanol–water partition coefficient (Wildman–Crippen LogP) is 3.88. The number of fused-ring (bicyclic) bond motifs is 2. The number of benzene rings is 3. The minimum Gasteiger partial charge on any atom is -0.282 e. The highest BCUT2D eigenvalue weighted by atomic mass is 32.2. The molecule has 2 aliphatic rings. The Hall–Kier alpha value is -2.61. The van der Waals surface area contributed by atoms with Crippen molar-refractivity contribution in [2.45, 2.75) is 4.90 Å². The van der Waals surface area contributed by atoms with E-state index in [1.807, 2.05) is 42.5 Å². The quantitative estimate of drug-likeness (QED) is 0.430. The van der Waals surface area contributed by atoms with Crippen molar-refractivity contribution >= 4 is 37.4 Å². The van der Waals surface area contributed by atoms with Crippen LogP contribution in [-0.2, 0) is 10.1 Å². The molecule has 124 valence electrons. The van der Waals surface area contributed by atoms with Crippen LogP contribution >= 0.6 is 11.3 Å². The number of aromatic nitrogens is 1. The van der Waals surface area contributed by atoms with Gasteiger partial charge in [0.2, 0.25) is 0 Å². The highest BCUT2D eigenvalue weighted by molar-refractivity contribution is 7.85. The fourth-order valence-corrected chi connectivity index (χ4v) is 3.95. The highest BCUT2D eigenvalue weighted by Gasteiger charge is 2.09. The lowest BCUT2D eigenvalue weighted by Crippen LogP contribution is -2.01. The zero-order valence-corrected chi connectivity index (χ0v) is 14.5. The lowest BCUT2D eigenvalue weighted by atomic mass is 10.2. The van der Waals surface area contributed by atoms with Gasteiger partial charge in [0, 0.05) is 0 Å². The van der Waals surface area contributed by atoms with E-state index < -0.39 is 10.1 Å². The van der Waals surface area contributed by atoms with Crippen LogP contribution in [0.4, 0.5) is 5.69 Å². The summed E-state index contributed by atoms with van der Waals surface area (Å²) in [7, 11) is -4.19. The molecule has 2 aromatic rings. The summed E-state index contributed by atoms with van der Waals surface area (Å²) >= 11 is 1.65. The lowest BCUT2D eigenvalue weighted by Gasteiger charge is -2.05. The average Bonchev–Trinajstić information content (AvgIpc) is 2.59. The first kappa shape index (κ1) is 15.9. The normalized spacial score (nSPS) is 12.8. The summed E-state index contributed by atoms with van der Waals surface area (Å²) in [4.78, 5) is 10.0. The Labute approximate surface area is 148 Å². The number of para-hydroxylation sites is 1. The Bertz CT molecular complexity index is 1210. The summed E-state index contributed by atoms with van der Waals surface area (Å²) in [5, 5.41) is 0.750. The van der Waals surface area contributed by atoms with E-state index in [2.05, 4.69) is 9.98 Å². The number of nitrogens with zero attached hydrogens (tertiary/aromatic N) is 2. The smallest absolute Gasteiger partial charge is 0.282 e. The van der Waals surface area contributed by atoms with Crippen molar-refractivity contribution in [2.75, 3.05) is 0 Å². The van der Waals surface area contributed by atoms with Gasteiger partial charge in [-0.15, -0.1) is 11.3 Å². The van der Waals surface area contributed by atoms with Gasteiger partial charge in [-0.05, 0) is 54.6 Å². The van der Waals surface area contributed by atoms with Crippen molar-refractivity contribution in [3.8, 4) is 10.6 Å². The van der Waals surface area contributed by atoms with Gasteiger partial charge in [-0.25, -0.2) is 9.98 Å². The average molecular weight is 368 g/mol. The second kappa shape index (κ2) is 6.03. The maximum atomic E-state index is 11.1. The van der Waals surface area contributed by atoms with Crippen molar-refractivity contribution in [1.82, 2.24) is 4.98 Å². The summed E-state index contributed by atoms with van der Waals surface area (Å²) in [6.45, 7) is 0. The molecular formula is C18H12N2O3S2. The molecule has 0 aromatic heterocycles. The third-order valence-electron chi connectivity index (χ3n) is 3.66. The molecule has 5 nitrogen and oxygen atoms in total. The van der Waals surface area contributed by atoms with Gasteiger partial charge in [-0.3, -0.25) is 4.55 Å². The molecule has 0 bridgehead atoms. The molecular weight excluding hydrogens is 356 g/mol. The van der Waals surface area contributed by atoms with Gasteiger partial charge in [0.15, 0.2) is 0 Å². The van der Waals surface area contributed by atoms with Crippen LogP contribution < -0.4 is 5.36 Å². The zero-order valence-electron chi connectivity index (χ0n) is 12.8. The van der Waals surface area contributed by atoms with E-state index in [0.29, 0.717) is 5.69 Å². The number of rotatable bonds is 2. The Morgan fingerprint density at radius 3 is 2.48 bits per heavy atom. The van der Waals surface area contributed by atoms with E-state index in [4.69, 9.17) is 4.55 Å². The first-order chi connectivity index (χ1) is 12.0. The van der Waals surface area contributed by atoms with E-state index in [0.717, 1.165) is 26.1 Å². The van der Waals surface area contributed by atoms with Crippen molar-refractivity contribution < 1.29 is 13.0 Å².